The van der Waals surface area contributed by atoms with E-state index in [2.05, 4.69) is 20.5 Å². The van der Waals surface area contributed by atoms with Crippen molar-refractivity contribution in [1.29, 1.82) is 0 Å². The fraction of sp³-hybridized carbons (Fsp3) is 0.381. The van der Waals surface area contributed by atoms with Crippen LogP contribution in [-0.2, 0) is 22.8 Å². The maximum absolute atomic E-state index is 13.0. The minimum Gasteiger partial charge on any atom is -0.356 e. The number of halogens is 2. The van der Waals surface area contributed by atoms with Crippen LogP contribution in [0.3, 0.4) is 0 Å². The summed E-state index contributed by atoms with van der Waals surface area (Å²) >= 11 is 0. The lowest BCUT2D eigenvalue weighted by Gasteiger charge is -2.18. The van der Waals surface area contributed by atoms with E-state index in [0.29, 0.717) is 17.4 Å². The van der Waals surface area contributed by atoms with E-state index < -0.39 is 9.84 Å². The van der Waals surface area contributed by atoms with Crippen LogP contribution in [0.2, 0.25) is 0 Å². The summed E-state index contributed by atoms with van der Waals surface area (Å²) in [4.78, 5) is 6.69. The van der Waals surface area contributed by atoms with Gasteiger partial charge in [0, 0.05) is 39.5 Å². The molecule has 0 bridgehead atoms. The van der Waals surface area contributed by atoms with Gasteiger partial charge in [0.15, 0.2) is 15.8 Å². The molecule has 30 heavy (non-hydrogen) atoms. The van der Waals surface area contributed by atoms with Crippen LogP contribution in [0.1, 0.15) is 11.1 Å². The number of hydrogen-bond donors (Lipinski definition) is 2. The zero-order valence-corrected chi connectivity index (χ0v) is 20.7. The average molecular weight is 548 g/mol. The van der Waals surface area contributed by atoms with Crippen LogP contribution in [0.15, 0.2) is 58.4 Å². The van der Waals surface area contributed by atoms with Gasteiger partial charge in [-0.15, -0.1) is 24.0 Å². The van der Waals surface area contributed by atoms with Crippen molar-refractivity contribution in [2.75, 3.05) is 40.0 Å². The molecule has 2 rings (SSSR count). The molecule has 0 fully saturated rings. The maximum atomic E-state index is 13.0. The van der Waals surface area contributed by atoms with E-state index in [1.807, 2.05) is 19.2 Å². The van der Waals surface area contributed by atoms with Crippen molar-refractivity contribution < 1.29 is 12.8 Å². The van der Waals surface area contributed by atoms with Crippen molar-refractivity contribution >= 4 is 39.8 Å². The Labute approximate surface area is 195 Å². The molecule has 0 atom stereocenters. The van der Waals surface area contributed by atoms with Crippen molar-refractivity contribution in [1.82, 2.24) is 15.5 Å². The lowest BCUT2D eigenvalue weighted by molar-refractivity contribution is 0.331. The standard InChI is InChI=1S/C21H29FN4O2S.HI/c1-23-21(24-13-12-17-6-10-20(11-7-17)29(3,27)28)25-14-15-26(2)16-18-4-8-19(22)9-5-18;/h4-11H,12-16H2,1-3H3,(H2,23,24,25);1H. The summed E-state index contributed by atoms with van der Waals surface area (Å²) in [5.41, 5.74) is 2.12. The number of hydrogen-bond acceptors (Lipinski definition) is 4. The van der Waals surface area contributed by atoms with Gasteiger partial charge in [0.25, 0.3) is 0 Å². The van der Waals surface area contributed by atoms with Crippen LogP contribution in [0.25, 0.3) is 0 Å². The molecular formula is C21H30FIN4O2S. The largest absolute Gasteiger partial charge is 0.356 e. The van der Waals surface area contributed by atoms with Gasteiger partial charge in [-0.1, -0.05) is 24.3 Å². The van der Waals surface area contributed by atoms with Crippen LogP contribution < -0.4 is 10.6 Å². The molecule has 0 unspecified atom stereocenters. The number of guanidine groups is 1. The molecule has 2 aromatic rings. The Hall–Kier alpha value is -1.72. The Morgan fingerprint density at radius 2 is 1.57 bits per heavy atom. The number of sulfone groups is 1. The summed E-state index contributed by atoms with van der Waals surface area (Å²) in [5.74, 6) is 0.493. The number of nitrogens with one attached hydrogen (secondary N) is 2. The van der Waals surface area contributed by atoms with Gasteiger partial charge in [0.05, 0.1) is 4.90 Å². The highest BCUT2D eigenvalue weighted by Crippen LogP contribution is 2.10. The van der Waals surface area contributed by atoms with Gasteiger partial charge in [0.2, 0.25) is 0 Å². The maximum Gasteiger partial charge on any atom is 0.191 e. The van der Waals surface area contributed by atoms with Gasteiger partial charge in [-0.3, -0.25) is 4.99 Å². The first-order valence-electron chi connectivity index (χ1n) is 9.44. The molecule has 0 radical (unpaired) electrons. The molecule has 2 N–H and O–H groups in total. The van der Waals surface area contributed by atoms with E-state index in [9.17, 15) is 12.8 Å². The van der Waals surface area contributed by atoms with Crippen molar-refractivity contribution in [3.8, 4) is 0 Å². The van der Waals surface area contributed by atoms with E-state index >= 15 is 0 Å². The molecule has 0 spiro atoms. The van der Waals surface area contributed by atoms with Gasteiger partial charge in [-0.2, -0.15) is 0 Å². The van der Waals surface area contributed by atoms with Gasteiger partial charge in [-0.25, -0.2) is 12.8 Å². The van der Waals surface area contributed by atoms with Gasteiger partial charge in [-0.05, 0) is 48.9 Å². The van der Waals surface area contributed by atoms with Crippen molar-refractivity contribution in [3.05, 3.63) is 65.5 Å². The van der Waals surface area contributed by atoms with Gasteiger partial charge < -0.3 is 15.5 Å². The number of nitrogens with zero attached hydrogens (tertiary/aromatic N) is 2. The molecule has 0 heterocycles. The Kier molecular flexibility index (Phi) is 11.3. The second-order valence-electron chi connectivity index (χ2n) is 6.96. The third-order valence-electron chi connectivity index (χ3n) is 4.43. The van der Waals surface area contributed by atoms with E-state index in [-0.39, 0.29) is 29.8 Å². The summed E-state index contributed by atoms with van der Waals surface area (Å²) in [6.07, 6.45) is 1.96. The molecule has 0 saturated carbocycles. The predicted octanol–water partition coefficient (Wildman–Crippen LogP) is 2.69. The van der Waals surface area contributed by atoms with Crippen LogP contribution in [0.5, 0.6) is 0 Å². The second-order valence-corrected chi connectivity index (χ2v) is 8.97. The molecule has 0 aliphatic rings. The molecule has 6 nitrogen and oxygen atoms in total. The Bertz CT molecular complexity index is 904. The highest BCUT2D eigenvalue weighted by molar-refractivity contribution is 14.0. The monoisotopic (exact) mass is 548 g/mol. The first kappa shape index (κ1) is 26.3. The van der Waals surface area contributed by atoms with Crippen LogP contribution in [0, 0.1) is 5.82 Å². The normalized spacial score (nSPS) is 11.8. The molecular weight excluding hydrogens is 518 g/mol. The van der Waals surface area contributed by atoms with Gasteiger partial charge in [0.1, 0.15) is 5.82 Å². The van der Waals surface area contributed by atoms with E-state index in [0.717, 1.165) is 37.2 Å². The van der Waals surface area contributed by atoms with Gasteiger partial charge >= 0.3 is 0 Å². The fourth-order valence-corrected chi connectivity index (χ4v) is 3.43. The summed E-state index contributed by atoms with van der Waals surface area (Å²) in [7, 11) is 0.574. The minimum atomic E-state index is -3.16. The molecule has 0 amide bonds. The van der Waals surface area contributed by atoms with E-state index in [1.54, 1.807) is 31.3 Å². The fourth-order valence-electron chi connectivity index (χ4n) is 2.79. The molecule has 0 aliphatic heterocycles. The quantitative estimate of drug-likeness (QED) is 0.287. The zero-order chi connectivity index (χ0) is 21.3. The average Bonchev–Trinajstić information content (AvgIpc) is 2.68. The van der Waals surface area contributed by atoms with Crippen LogP contribution in [-0.4, -0.2) is 59.3 Å². The van der Waals surface area contributed by atoms with Crippen molar-refractivity contribution in [2.24, 2.45) is 4.99 Å². The Morgan fingerprint density at radius 1 is 1.00 bits per heavy atom. The van der Waals surface area contributed by atoms with Crippen LogP contribution in [0.4, 0.5) is 4.39 Å². The van der Waals surface area contributed by atoms with Crippen molar-refractivity contribution in [3.63, 3.8) is 0 Å². The first-order chi connectivity index (χ1) is 13.8. The van der Waals surface area contributed by atoms with Crippen LogP contribution >= 0.6 is 24.0 Å². The molecule has 0 aliphatic carbocycles. The zero-order valence-electron chi connectivity index (χ0n) is 17.6. The molecule has 0 aromatic heterocycles. The smallest absolute Gasteiger partial charge is 0.191 e. The lowest BCUT2D eigenvalue weighted by Crippen LogP contribution is -2.41. The molecule has 2 aromatic carbocycles. The lowest BCUT2D eigenvalue weighted by atomic mass is 10.1. The highest BCUT2D eigenvalue weighted by Gasteiger charge is 2.06. The number of aliphatic imine (C=N–C) groups is 1. The molecule has 0 saturated heterocycles. The number of likely N-dealkylation sites (N-methyl/N-ethyl adjacent to an activating group) is 1. The third kappa shape index (κ3) is 9.40. The minimum absolute atomic E-state index is 0. The topological polar surface area (TPSA) is 73.8 Å². The number of benzene rings is 2. The SMILES string of the molecule is CN=C(NCCc1ccc(S(C)(=O)=O)cc1)NCCN(C)Cc1ccc(F)cc1.I. The second kappa shape index (κ2) is 12.9. The summed E-state index contributed by atoms with van der Waals surface area (Å²) in [6.45, 7) is 2.96. The van der Waals surface area contributed by atoms with E-state index in [1.165, 1.54) is 18.4 Å². The molecule has 9 heteroatoms. The Morgan fingerprint density at radius 3 is 2.13 bits per heavy atom. The summed E-state index contributed by atoms with van der Waals surface area (Å²) in [5, 5.41) is 6.52. The number of rotatable bonds is 9. The molecule has 166 valence electrons. The highest BCUT2D eigenvalue weighted by atomic mass is 127. The Balaban J connectivity index is 0.00000450. The predicted molar refractivity (Wildman–Crippen MR) is 131 cm³/mol. The van der Waals surface area contributed by atoms with E-state index in [4.69, 9.17) is 0 Å². The summed E-state index contributed by atoms with van der Waals surface area (Å²) < 4.78 is 36.0. The summed E-state index contributed by atoms with van der Waals surface area (Å²) in [6, 6.07) is 13.5. The third-order valence-corrected chi connectivity index (χ3v) is 5.56. The van der Waals surface area contributed by atoms with Crippen molar-refractivity contribution in [2.45, 2.75) is 17.9 Å². The first-order valence-corrected chi connectivity index (χ1v) is 11.3.